The molecule has 0 unspecified atom stereocenters. The molecular weight excluding hydrogens is 464 g/mol. The van der Waals surface area contributed by atoms with Crippen molar-refractivity contribution in [2.45, 2.75) is 26.3 Å². The third kappa shape index (κ3) is 9.45. The average Bonchev–Trinajstić information content (AvgIpc) is 2.76. The monoisotopic (exact) mass is 494 g/mol. The van der Waals surface area contributed by atoms with Gasteiger partial charge in [-0.1, -0.05) is 49.7 Å². The van der Waals surface area contributed by atoms with Crippen LogP contribution in [0.1, 0.15) is 25.0 Å². The Hall–Kier alpha value is -2.55. The maximum Gasteiger partial charge on any atom is 0.238 e. The van der Waals surface area contributed by atoms with E-state index in [4.69, 9.17) is 21.1 Å². The Morgan fingerprint density at radius 3 is 2.42 bits per heavy atom. The molecule has 1 amide bonds. The maximum atomic E-state index is 12.4. The van der Waals surface area contributed by atoms with Crippen LogP contribution in [0.15, 0.2) is 48.5 Å². The normalized spacial score (nSPS) is 12.7. The van der Waals surface area contributed by atoms with E-state index in [-0.39, 0.29) is 11.8 Å². The second-order valence-electron chi connectivity index (χ2n) is 7.90. The standard InChI is InChI=1S/C24H31ClN2O5S/c1-17(2)23(27-33(4,29)30)24(28)26-14-13-19-9-12-21(22(16-19)31-3)32-15-5-6-18-7-10-20(25)11-8-18/h5-12,16-17,23,27H,13-15H2,1-4H3,(H,26,28)/t23-/m0/s1. The van der Waals surface area contributed by atoms with E-state index in [0.717, 1.165) is 17.4 Å². The highest BCUT2D eigenvalue weighted by Crippen LogP contribution is 2.28. The first-order valence-electron chi connectivity index (χ1n) is 10.6. The van der Waals surface area contributed by atoms with Crippen LogP contribution in [0.3, 0.4) is 0 Å². The first-order chi connectivity index (χ1) is 15.6. The predicted molar refractivity (Wildman–Crippen MR) is 132 cm³/mol. The van der Waals surface area contributed by atoms with Gasteiger partial charge in [0.2, 0.25) is 15.9 Å². The molecule has 0 bridgehead atoms. The lowest BCUT2D eigenvalue weighted by Crippen LogP contribution is -2.49. The molecule has 0 aromatic heterocycles. The van der Waals surface area contributed by atoms with Crippen LogP contribution in [0.5, 0.6) is 11.5 Å². The minimum atomic E-state index is -3.48. The van der Waals surface area contributed by atoms with Gasteiger partial charge in [-0.05, 0) is 53.8 Å². The van der Waals surface area contributed by atoms with Gasteiger partial charge in [0.1, 0.15) is 12.6 Å². The number of nitrogens with one attached hydrogen (secondary N) is 2. The largest absolute Gasteiger partial charge is 0.493 e. The van der Waals surface area contributed by atoms with Crippen LogP contribution >= 0.6 is 11.6 Å². The van der Waals surface area contributed by atoms with Crippen LogP contribution in [0.4, 0.5) is 0 Å². The Kier molecular flexibility index (Phi) is 10.2. The lowest BCUT2D eigenvalue weighted by Gasteiger charge is -2.20. The molecule has 2 N–H and O–H groups in total. The van der Waals surface area contributed by atoms with Crippen molar-refractivity contribution in [3.63, 3.8) is 0 Å². The zero-order chi connectivity index (χ0) is 24.4. The highest BCUT2D eigenvalue weighted by molar-refractivity contribution is 7.88. The number of hydrogen-bond donors (Lipinski definition) is 2. The van der Waals surface area contributed by atoms with Crippen molar-refractivity contribution in [3.05, 3.63) is 64.7 Å². The summed E-state index contributed by atoms with van der Waals surface area (Å²) in [6, 6.07) is 12.3. The highest BCUT2D eigenvalue weighted by atomic mass is 35.5. The molecule has 1 atom stereocenters. The van der Waals surface area contributed by atoms with E-state index in [1.807, 2.05) is 54.6 Å². The molecule has 0 spiro atoms. The Bertz CT molecular complexity index is 1050. The fourth-order valence-corrected chi connectivity index (χ4v) is 4.01. The molecule has 0 radical (unpaired) electrons. The number of amides is 1. The van der Waals surface area contributed by atoms with Crippen molar-refractivity contribution < 1.29 is 22.7 Å². The van der Waals surface area contributed by atoms with Gasteiger partial charge >= 0.3 is 0 Å². The SMILES string of the molecule is COc1cc(CCNC(=O)[C@@H](NS(C)(=O)=O)C(C)C)ccc1OCC=Cc1ccc(Cl)cc1. The van der Waals surface area contributed by atoms with Gasteiger partial charge in [-0.25, -0.2) is 13.1 Å². The van der Waals surface area contributed by atoms with Gasteiger partial charge < -0.3 is 14.8 Å². The van der Waals surface area contributed by atoms with Gasteiger partial charge in [0, 0.05) is 11.6 Å². The molecule has 0 heterocycles. The van der Waals surface area contributed by atoms with Gasteiger partial charge in [-0.2, -0.15) is 0 Å². The molecular formula is C24H31ClN2O5S. The van der Waals surface area contributed by atoms with Crippen LogP contribution in [0, 0.1) is 5.92 Å². The zero-order valence-corrected chi connectivity index (χ0v) is 20.9. The second kappa shape index (κ2) is 12.6. The summed E-state index contributed by atoms with van der Waals surface area (Å²) in [5.74, 6) is 0.681. The summed E-state index contributed by atoms with van der Waals surface area (Å²) >= 11 is 5.89. The van der Waals surface area contributed by atoms with Crippen molar-refractivity contribution in [3.8, 4) is 11.5 Å². The van der Waals surface area contributed by atoms with E-state index in [2.05, 4.69) is 10.0 Å². The van der Waals surface area contributed by atoms with Crippen molar-refractivity contribution in [2.24, 2.45) is 5.92 Å². The molecule has 2 rings (SSSR count). The van der Waals surface area contributed by atoms with Gasteiger partial charge in [-0.3, -0.25) is 4.79 Å². The van der Waals surface area contributed by atoms with Crippen molar-refractivity contribution in [1.82, 2.24) is 10.0 Å². The van der Waals surface area contributed by atoms with Crippen LogP contribution in [0.25, 0.3) is 6.08 Å². The minimum Gasteiger partial charge on any atom is -0.493 e. The molecule has 0 aliphatic rings. The van der Waals surface area contributed by atoms with E-state index < -0.39 is 16.1 Å². The number of benzene rings is 2. The number of ether oxygens (including phenoxy) is 2. The van der Waals surface area contributed by atoms with Crippen LogP contribution in [0.2, 0.25) is 5.02 Å². The highest BCUT2D eigenvalue weighted by Gasteiger charge is 2.24. The smallest absolute Gasteiger partial charge is 0.238 e. The molecule has 33 heavy (non-hydrogen) atoms. The first kappa shape index (κ1) is 26.7. The van der Waals surface area contributed by atoms with Crippen molar-refractivity contribution in [2.75, 3.05) is 26.5 Å². The van der Waals surface area contributed by atoms with E-state index in [9.17, 15) is 13.2 Å². The van der Waals surface area contributed by atoms with E-state index in [0.29, 0.717) is 36.1 Å². The molecule has 0 aliphatic carbocycles. The third-order valence-corrected chi connectivity index (χ3v) is 5.68. The Balaban J connectivity index is 1.89. The number of methoxy groups -OCH3 is 1. The van der Waals surface area contributed by atoms with E-state index >= 15 is 0 Å². The summed E-state index contributed by atoms with van der Waals surface area (Å²) in [4.78, 5) is 12.4. The summed E-state index contributed by atoms with van der Waals surface area (Å²) < 4.78 is 36.6. The fraction of sp³-hybridized carbons (Fsp3) is 0.375. The van der Waals surface area contributed by atoms with Gasteiger partial charge in [0.25, 0.3) is 0 Å². The molecule has 7 nitrogen and oxygen atoms in total. The second-order valence-corrected chi connectivity index (χ2v) is 10.1. The number of carbonyl (C=O) groups is 1. The zero-order valence-electron chi connectivity index (χ0n) is 19.3. The van der Waals surface area contributed by atoms with E-state index in [1.165, 1.54) is 0 Å². The summed E-state index contributed by atoms with van der Waals surface area (Å²) in [6.45, 7) is 4.31. The molecule has 9 heteroatoms. The first-order valence-corrected chi connectivity index (χ1v) is 12.8. The molecule has 0 aliphatic heterocycles. The molecule has 180 valence electrons. The van der Waals surface area contributed by atoms with Crippen LogP contribution in [-0.4, -0.2) is 46.9 Å². The summed E-state index contributed by atoms with van der Waals surface area (Å²) in [5, 5.41) is 3.49. The minimum absolute atomic E-state index is 0.176. The Morgan fingerprint density at radius 1 is 1.12 bits per heavy atom. The van der Waals surface area contributed by atoms with Crippen molar-refractivity contribution >= 4 is 33.6 Å². The maximum absolute atomic E-state index is 12.4. The molecule has 0 saturated carbocycles. The molecule has 2 aromatic rings. The third-order valence-electron chi connectivity index (χ3n) is 4.75. The lowest BCUT2D eigenvalue weighted by molar-refractivity contribution is -0.123. The number of rotatable bonds is 12. The molecule has 0 saturated heterocycles. The lowest BCUT2D eigenvalue weighted by atomic mass is 10.0. The number of hydrogen-bond acceptors (Lipinski definition) is 5. The summed E-state index contributed by atoms with van der Waals surface area (Å²) in [6.07, 6.45) is 5.45. The Morgan fingerprint density at radius 2 is 1.82 bits per heavy atom. The van der Waals surface area contributed by atoms with Gasteiger partial charge in [-0.15, -0.1) is 0 Å². The molecule has 0 fully saturated rings. The van der Waals surface area contributed by atoms with Crippen molar-refractivity contribution in [1.29, 1.82) is 0 Å². The predicted octanol–water partition coefficient (Wildman–Crippen LogP) is 3.67. The quantitative estimate of drug-likeness (QED) is 0.469. The average molecular weight is 495 g/mol. The Labute approximate surface area is 201 Å². The van der Waals surface area contributed by atoms with Gasteiger partial charge in [0.05, 0.1) is 13.4 Å². The molecule has 2 aromatic carbocycles. The number of carbonyl (C=O) groups excluding carboxylic acids is 1. The summed E-state index contributed by atoms with van der Waals surface area (Å²) in [5.41, 5.74) is 1.98. The number of sulfonamides is 1. The topological polar surface area (TPSA) is 93.7 Å². The number of halogens is 1. The summed E-state index contributed by atoms with van der Waals surface area (Å²) in [7, 11) is -1.91. The van der Waals surface area contributed by atoms with Crippen LogP contribution in [-0.2, 0) is 21.2 Å². The van der Waals surface area contributed by atoms with E-state index in [1.54, 1.807) is 21.0 Å². The van der Waals surface area contributed by atoms with Gasteiger partial charge in [0.15, 0.2) is 11.5 Å². The van der Waals surface area contributed by atoms with Crippen LogP contribution < -0.4 is 19.5 Å². The fourth-order valence-electron chi connectivity index (χ4n) is 3.05.